The molecule has 1 aromatic carbocycles. The predicted molar refractivity (Wildman–Crippen MR) is 79.2 cm³/mol. The van der Waals surface area contributed by atoms with Gasteiger partial charge in [-0.3, -0.25) is 10.1 Å². The van der Waals surface area contributed by atoms with Gasteiger partial charge in [-0.15, -0.1) is 0 Å². The van der Waals surface area contributed by atoms with Gasteiger partial charge in [-0.2, -0.15) is 0 Å². The summed E-state index contributed by atoms with van der Waals surface area (Å²) in [5, 5.41) is 24.7. The number of benzene rings is 1. The number of hydrogen-bond donors (Lipinski definition) is 2. The molecule has 2 unspecified atom stereocenters. The molecule has 0 amide bonds. The molecule has 2 rings (SSSR count). The second-order valence-corrected chi connectivity index (χ2v) is 6.08. The fourth-order valence-electron chi connectivity index (χ4n) is 2.90. The molecule has 1 aliphatic rings. The van der Waals surface area contributed by atoms with E-state index >= 15 is 0 Å². The molecule has 0 aliphatic heterocycles. The van der Waals surface area contributed by atoms with Gasteiger partial charge in [-0.1, -0.05) is 37.4 Å². The first kappa shape index (κ1) is 15.1. The van der Waals surface area contributed by atoms with E-state index < -0.39 is 10.5 Å². The zero-order chi connectivity index (χ0) is 14.8. The third-order valence-electron chi connectivity index (χ3n) is 3.84. The number of nitrogens with one attached hydrogen (secondary N) is 1. The van der Waals surface area contributed by atoms with E-state index in [0.717, 1.165) is 19.3 Å². The lowest BCUT2D eigenvalue weighted by atomic mass is 9.79. The highest BCUT2D eigenvalue weighted by Gasteiger charge is 2.33. The number of anilines is 1. The van der Waals surface area contributed by atoms with E-state index in [0.29, 0.717) is 24.6 Å². The Labute approximate surface area is 123 Å². The van der Waals surface area contributed by atoms with Gasteiger partial charge in [0.25, 0.3) is 0 Å². The molecule has 5 nitrogen and oxygen atoms in total. The van der Waals surface area contributed by atoms with Crippen LogP contribution in [-0.2, 0) is 0 Å². The molecule has 1 fully saturated rings. The van der Waals surface area contributed by atoms with Gasteiger partial charge >= 0.3 is 5.69 Å². The quantitative estimate of drug-likeness (QED) is 0.658. The molecular formula is C14H19ClN2O3. The molecule has 0 heterocycles. The van der Waals surface area contributed by atoms with Gasteiger partial charge in [0.15, 0.2) is 0 Å². The van der Waals surface area contributed by atoms with Gasteiger partial charge < -0.3 is 10.4 Å². The van der Waals surface area contributed by atoms with E-state index in [1.165, 1.54) is 6.07 Å². The Bertz CT molecular complexity index is 509. The lowest BCUT2D eigenvalue weighted by Crippen LogP contribution is -2.41. The molecule has 1 aromatic rings. The summed E-state index contributed by atoms with van der Waals surface area (Å²) in [4.78, 5) is 10.5. The molecule has 2 N–H and O–H groups in total. The van der Waals surface area contributed by atoms with Crippen molar-refractivity contribution in [1.82, 2.24) is 0 Å². The summed E-state index contributed by atoms with van der Waals surface area (Å²) in [5.74, 6) is 0.477. The molecule has 1 aliphatic carbocycles. The smallest absolute Gasteiger partial charge is 0.310 e. The van der Waals surface area contributed by atoms with Gasteiger partial charge in [-0.05, 0) is 30.9 Å². The Kier molecular flexibility index (Phi) is 4.50. The molecule has 0 saturated heterocycles. The molecule has 0 spiro atoms. The maximum absolute atomic E-state index is 11.0. The van der Waals surface area contributed by atoms with Crippen LogP contribution in [0, 0.1) is 16.0 Å². The third kappa shape index (κ3) is 3.41. The summed E-state index contributed by atoms with van der Waals surface area (Å²) in [6.07, 6.45) is 3.55. The first-order valence-electron chi connectivity index (χ1n) is 6.80. The summed E-state index contributed by atoms with van der Waals surface area (Å²) in [5.41, 5.74) is -0.579. The standard InChI is InChI=1S/C14H19ClN2O3/c1-10-4-3-7-14(18,8-10)9-16-12-6-2-5-11(15)13(12)17(19)20/h2,5-6,10,16,18H,3-4,7-9H2,1H3. The Morgan fingerprint density at radius 2 is 2.35 bits per heavy atom. The Morgan fingerprint density at radius 3 is 3.00 bits per heavy atom. The van der Waals surface area contributed by atoms with Crippen molar-refractivity contribution in [3.63, 3.8) is 0 Å². The van der Waals surface area contributed by atoms with Gasteiger partial charge in [0.2, 0.25) is 0 Å². The largest absolute Gasteiger partial charge is 0.388 e. The zero-order valence-corrected chi connectivity index (χ0v) is 12.2. The second-order valence-electron chi connectivity index (χ2n) is 5.67. The number of nitro benzene ring substituents is 1. The summed E-state index contributed by atoms with van der Waals surface area (Å²) in [6.45, 7) is 2.42. The van der Waals surface area contributed by atoms with Crippen LogP contribution in [-0.4, -0.2) is 22.2 Å². The van der Waals surface area contributed by atoms with Crippen LogP contribution in [0.2, 0.25) is 5.02 Å². The molecule has 1 saturated carbocycles. The Hall–Kier alpha value is -1.33. The Balaban J connectivity index is 2.11. The van der Waals surface area contributed by atoms with Crippen LogP contribution in [0.4, 0.5) is 11.4 Å². The Morgan fingerprint density at radius 1 is 1.60 bits per heavy atom. The van der Waals surface area contributed by atoms with Crippen LogP contribution in [0.3, 0.4) is 0 Å². The minimum absolute atomic E-state index is 0.101. The van der Waals surface area contributed by atoms with Crippen molar-refractivity contribution in [1.29, 1.82) is 0 Å². The van der Waals surface area contributed by atoms with Crippen molar-refractivity contribution in [3.05, 3.63) is 33.3 Å². The number of aliphatic hydroxyl groups is 1. The minimum Gasteiger partial charge on any atom is -0.388 e. The normalized spacial score (nSPS) is 26.2. The van der Waals surface area contributed by atoms with Crippen LogP contribution in [0.15, 0.2) is 18.2 Å². The maximum atomic E-state index is 11.0. The predicted octanol–water partition coefficient (Wildman–Crippen LogP) is 3.60. The SMILES string of the molecule is CC1CCCC(O)(CNc2cccc(Cl)c2[N+](=O)[O-])C1. The fourth-order valence-corrected chi connectivity index (χ4v) is 3.14. The van der Waals surface area contributed by atoms with Gasteiger partial charge in [0, 0.05) is 6.54 Å². The minimum atomic E-state index is -0.798. The molecule has 0 bridgehead atoms. The topological polar surface area (TPSA) is 75.4 Å². The molecule has 6 heteroatoms. The van der Waals surface area contributed by atoms with Gasteiger partial charge in [0.05, 0.1) is 10.5 Å². The maximum Gasteiger partial charge on any atom is 0.310 e. The van der Waals surface area contributed by atoms with E-state index in [1.54, 1.807) is 12.1 Å². The van der Waals surface area contributed by atoms with Gasteiger partial charge in [-0.25, -0.2) is 0 Å². The lowest BCUT2D eigenvalue weighted by Gasteiger charge is -2.35. The summed E-state index contributed by atoms with van der Waals surface area (Å²) in [6, 6.07) is 4.76. The van der Waals surface area contributed by atoms with Crippen LogP contribution < -0.4 is 5.32 Å². The number of hydrogen-bond acceptors (Lipinski definition) is 4. The van der Waals surface area contributed by atoms with Crippen molar-refractivity contribution >= 4 is 23.0 Å². The number of para-hydroxylation sites is 1. The van der Waals surface area contributed by atoms with Crippen molar-refractivity contribution in [2.45, 2.75) is 38.2 Å². The molecule has 0 radical (unpaired) electrons. The van der Waals surface area contributed by atoms with Crippen LogP contribution in [0.1, 0.15) is 32.6 Å². The van der Waals surface area contributed by atoms with E-state index in [9.17, 15) is 15.2 Å². The van der Waals surface area contributed by atoms with E-state index in [4.69, 9.17) is 11.6 Å². The highest BCUT2D eigenvalue weighted by atomic mass is 35.5. The first-order valence-corrected chi connectivity index (χ1v) is 7.18. The van der Waals surface area contributed by atoms with Crippen LogP contribution in [0.25, 0.3) is 0 Å². The molecule has 110 valence electrons. The van der Waals surface area contributed by atoms with E-state index in [2.05, 4.69) is 12.2 Å². The third-order valence-corrected chi connectivity index (χ3v) is 4.15. The zero-order valence-electron chi connectivity index (χ0n) is 11.4. The number of halogens is 1. The van der Waals surface area contributed by atoms with Crippen molar-refractivity contribution in [2.24, 2.45) is 5.92 Å². The van der Waals surface area contributed by atoms with Crippen molar-refractivity contribution in [2.75, 3.05) is 11.9 Å². The van der Waals surface area contributed by atoms with Gasteiger partial charge in [0.1, 0.15) is 10.7 Å². The number of nitro groups is 1. The average Bonchev–Trinajstić information content (AvgIpc) is 2.35. The van der Waals surface area contributed by atoms with E-state index in [-0.39, 0.29) is 10.7 Å². The highest BCUT2D eigenvalue weighted by Crippen LogP contribution is 2.35. The van der Waals surface area contributed by atoms with Crippen molar-refractivity contribution in [3.8, 4) is 0 Å². The number of nitrogens with zero attached hydrogens (tertiary/aromatic N) is 1. The summed E-state index contributed by atoms with van der Waals surface area (Å²) < 4.78 is 0. The average molecular weight is 299 g/mol. The van der Waals surface area contributed by atoms with Crippen LogP contribution >= 0.6 is 11.6 Å². The first-order chi connectivity index (χ1) is 9.41. The summed E-state index contributed by atoms with van der Waals surface area (Å²) in [7, 11) is 0. The fraction of sp³-hybridized carbons (Fsp3) is 0.571. The number of rotatable bonds is 4. The molecule has 20 heavy (non-hydrogen) atoms. The monoisotopic (exact) mass is 298 g/mol. The second kappa shape index (κ2) is 5.97. The molecular weight excluding hydrogens is 280 g/mol. The highest BCUT2D eigenvalue weighted by molar-refractivity contribution is 6.33. The molecule has 2 atom stereocenters. The van der Waals surface area contributed by atoms with Crippen LogP contribution in [0.5, 0.6) is 0 Å². The lowest BCUT2D eigenvalue weighted by molar-refractivity contribution is -0.383. The van der Waals surface area contributed by atoms with E-state index in [1.807, 2.05) is 0 Å². The van der Waals surface area contributed by atoms with Crippen molar-refractivity contribution < 1.29 is 10.0 Å². The summed E-state index contributed by atoms with van der Waals surface area (Å²) >= 11 is 5.86. The molecule has 0 aromatic heterocycles.